The van der Waals surface area contributed by atoms with E-state index in [4.69, 9.17) is 0 Å². The van der Waals surface area contributed by atoms with Crippen LogP contribution in [0.15, 0.2) is 77.6 Å². The summed E-state index contributed by atoms with van der Waals surface area (Å²) in [4.78, 5) is 13.1. The number of hydrogen-bond acceptors (Lipinski definition) is 2. The second-order valence-corrected chi connectivity index (χ2v) is 6.74. The van der Waals surface area contributed by atoms with Crippen LogP contribution >= 0.6 is 0 Å². The van der Waals surface area contributed by atoms with E-state index in [9.17, 15) is 9.90 Å². The first-order valence-electron chi connectivity index (χ1n) is 8.61. The van der Waals surface area contributed by atoms with E-state index < -0.39 is 6.23 Å². The number of nitrogens with zero attached hydrogens (tertiary/aromatic N) is 2. The van der Waals surface area contributed by atoms with Crippen molar-refractivity contribution in [1.29, 1.82) is 0 Å². The smallest absolute Gasteiger partial charge is 0.277 e. The Labute approximate surface area is 148 Å². The highest BCUT2D eigenvalue weighted by atomic mass is 16.3. The minimum atomic E-state index is -0.978. The summed E-state index contributed by atoms with van der Waals surface area (Å²) in [6.07, 6.45) is -0.978. The van der Waals surface area contributed by atoms with Gasteiger partial charge in [-0.2, -0.15) is 0 Å². The second kappa shape index (κ2) is 4.62. The lowest BCUT2D eigenvalue weighted by atomic mass is 10.0. The van der Waals surface area contributed by atoms with Crippen molar-refractivity contribution < 1.29 is 5.11 Å². The quantitative estimate of drug-likeness (QED) is 0.465. The molecule has 0 saturated heterocycles. The summed E-state index contributed by atoms with van der Waals surface area (Å²) < 4.78 is 3.37. The molecule has 1 atom stereocenters. The van der Waals surface area contributed by atoms with Crippen LogP contribution in [-0.4, -0.2) is 14.5 Å². The third-order valence-electron chi connectivity index (χ3n) is 5.42. The minimum Gasteiger partial charge on any atom is -0.368 e. The van der Waals surface area contributed by atoms with Gasteiger partial charge in [0.15, 0.2) is 6.23 Å². The van der Waals surface area contributed by atoms with Crippen LogP contribution < -0.4 is 5.56 Å². The highest BCUT2D eigenvalue weighted by molar-refractivity contribution is 6.07. The van der Waals surface area contributed by atoms with Gasteiger partial charge < -0.3 is 5.11 Å². The Morgan fingerprint density at radius 2 is 1.38 bits per heavy atom. The largest absolute Gasteiger partial charge is 0.368 e. The normalized spacial score (nSPS) is 15.7. The minimum absolute atomic E-state index is 0.168. The van der Waals surface area contributed by atoms with Gasteiger partial charge in [0.25, 0.3) is 5.56 Å². The standard InChI is InChI=1S/C22H14N2O2/c25-21-17-11-9-13-5-1-3-7-15(13)19(17)23-20-16-8-4-2-6-14(16)10-12-18(20)22(26)24(21)23/h1-12,21,25H. The van der Waals surface area contributed by atoms with E-state index >= 15 is 0 Å². The molecule has 4 nitrogen and oxygen atoms in total. The van der Waals surface area contributed by atoms with E-state index in [0.29, 0.717) is 5.39 Å². The lowest BCUT2D eigenvalue weighted by Gasteiger charge is -2.09. The van der Waals surface area contributed by atoms with Gasteiger partial charge in [0.05, 0.1) is 16.6 Å². The summed E-state index contributed by atoms with van der Waals surface area (Å²) in [7, 11) is 0. The molecule has 5 aromatic rings. The van der Waals surface area contributed by atoms with Gasteiger partial charge in [-0.15, -0.1) is 0 Å². The summed E-state index contributed by atoms with van der Waals surface area (Å²) in [5.41, 5.74) is 2.33. The van der Waals surface area contributed by atoms with Crippen molar-refractivity contribution in [3.8, 4) is 5.69 Å². The SMILES string of the molecule is O=c1c2ccc3ccccc3c2n2n1C(O)c1ccc3ccccc3c1-2. The molecule has 0 radical (unpaired) electrons. The molecule has 4 heteroatoms. The van der Waals surface area contributed by atoms with Gasteiger partial charge in [-0.25, -0.2) is 9.36 Å². The fraction of sp³-hybridized carbons (Fsp3) is 0.0455. The van der Waals surface area contributed by atoms with Gasteiger partial charge in [-0.3, -0.25) is 4.79 Å². The van der Waals surface area contributed by atoms with Gasteiger partial charge >= 0.3 is 0 Å². The Morgan fingerprint density at radius 3 is 2.19 bits per heavy atom. The maximum absolute atomic E-state index is 13.1. The summed E-state index contributed by atoms with van der Waals surface area (Å²) >= 11 is 0. The first-order valence-corrected chi connectivity index (χ1v) is 8.61. The third kappa shape index (κ3) is 1.51. The number of aliphatic hydroxyl groups is 1. The fourth-order valence-electron chi connectivity index (χ4n) is 4.27. The molecule has 4 aromatic carbocycles. The molecule has 1 aliphatic rings. The fourth-order valence-corrected chi connectivity index (χ4v) is 4.27. The topological polar surface area (TPSA) is 47.2 Å². The van der Waals surface area contributed by atoms with Crippen molar-refractivity contribution in [2.45, 2.75) is 6.23 Å². The van der Waals surface area contributed by atoms with E-state index in [1.165, 1.54) is 4.68 Å². The Morgan fingerprint density at radius 1 is 0.731 bits per heavy atom. The molecule has 1 N–H and O–H groups in total. The van der Waals surface area contributed by atoms with Gasteiger partial charge in [0.2, 0.25) is 0 Å². The van der Waals surface area contributed by atoms with Crippen LogP contribution in [0.5, 0.6) is 0 Å². The summed E-state index contributed by atoms with van der Waals surface area (Å²) in [5, 5.41) is 15.7. The molecule has 124 valence electrons. The maximum Gasteiger partial charge on any atom is 0.277 e. The Kier molecular flexibility index (Phi) is 2.47. The molecular formula is C22H14N2O2. The molecule has 6 rings (SSSR count). The number of aliphatic hydroxyl groups excluding tert-OH is 1. The maximum atomic E-state index is 13.1. The molecule has 0 saturated carbocycles. The molecule has 0 spiro atoms. The highest BCUT2D eigenvalue weighted by Crippen LogP contribution is 2.39. The van der Waals surface area contributed by atoms with Crippen molar-refractivity contribution in [1.82, 2.24) is 9.36 Å². The van der Waals surface area contributed by atoms with Gasteiger partial charge in [-0.05, 0) is 16.8 Å². The predicted octanol–water partition coefficient (Wildman–Crippen LogP) is 3.95. The van der Waals surface area contributed by atoms with E-state index in [1.807, 2.05) is 77.5 Å². The molecule has 1 aromatic heterocycles. The van der Waals surface area contributed by atoms with Crippen molar-refractivity contribution in [2.75, 3.05) is 0 Å². The van der Waals surface area contributed by atoms with Crippen molar-refractivity contribution in [2.24, 2.45) is 0 Å². The molecule has 0 aliphatic carbocycles. The zero-order valence-electron chi connectivity index (χ0n) is 13.8. The van der Waals surface area contributed by atoms with E-state index in [0.717, 1.165) is 38.3 Å². The van der Waals surface area contributed by atoms with E-state index in [-0.39, 0.29) is 5.56 Å². The van der Waals surface area contributed by atoms with Crippen LogP contribution in [0.2, 0.25) is 0 Å². The second-order valence-electron chi connectivity index (χ2n) is 6.74. The van der Waals surface area contributed by atoms with Crippen LogP contribution in [-0.2, 0) is 0 Å². The molecule has 2 heterocycles. The van der Waals surface area contributed by atoms with Crippen LogP contribution in [0.1, 0.15) is 11.8 Å². The van der Waals surface area contributed by atoms with Crippen molar-refractivity contribution >= 4 is 32.4 Å². The third-order valence-corrected chi connectivity index (χ3v) is 5.42. The predicted molar refractivity (Wildman–Crippen MR) is 103 cm³/mol. The van der Waals surface area contributed by atoms with Crippen molar-refractivity contribution in [3.63, 3.8) is 0 Å². The summed E-state index contributed by atoms with van der Waals surface area (Å²) in [6.45, 7) is 0. The van der Waals surface area contributed by atoms with E-state index in [2.05, 4.69) is 0 Å². The van der Waals surface area contributed by atoms with Gasteiger partial charge in [0, 0.05) is 16.3 Å². The summed E-state index contributed by atoms with van der Waals surface area (Å²) in [5.74, 6) is 0. The van der Waals surface area contributed by atoms with Crippen LogP contribution in [0, 0.1) is 0 Å². The number of hydrogen-bond donors (Lipinski definition) is 1. The summed E-state index contributed by atoms with van der Waals surface area (Å²) in [6, 6.07) is 23.8. The lowest BCUT2D eigenvalue weighted by Crippen LogP contribution is -2.21. The van der Waals surface area contributed by atoms with Crippen molar-refractivity contribution in [3.05, 3.63) is 88.7 Å². The molecular weight excluding hydrogens is 324 g/mol. The van der Waals surface area contributed by atoms with Crippen LogP contribution in [0.3, 0.4) is 0 Å². The Bertz CT molecular complexity index is 1430. The molecule has 1 unspecified atom stereocenters. The van der Waals surface area contributed by atoms with E-state index in [1.54, 1.807) is 0 Å². The number of benzene rings is 4. The van der Waals surface area contributed by atoms with Gasteiger partial charge in [-0.1, -0.05) is 66.7 Å². The highest BCUT2D eigenvalue weighted by Gasteiger charge is 2.32. The number of fused-ring (bicyclic) bond motifs is 9. The molecule has 0 amide bonds. The number of rotatable bonds is 0. The number of aromatic nitrogens is 2. The van der Waals surface area contributed by atoms with Gasteiger partial charge in [0.1, 0.15) is 0 Å². The average molecular weight is 338 g/mol. The molecule has 0 fully saturated rings. The Balaban J connectivity index is 1.92. The first-order chi connectivity index (χ1) is 12.8. The molecule has 0 bridgehead atoms. The molecule has 1 aliphatic heterocycles. The van der Waals surface area contributed by atoms with Crippen LogP contribution in [0.25, 0.3) is 38.1 Å². The van der Waals surface area contributed by atoms with Crippen LogP contribution in [0.4, 0.5) is 0 Å². The monoisotopic (exact) mass is 338 g/mol. The lowest BCUT2D eigenvalue weighted by molar-refractivity contribution is 0.135. The zero-order valence-corrected chi connectivity index (χ0v) is 13.8. The average Bonchev–Trinajstić information content (AvgIpc) is 3.15. The zero-order chi connectivity index (χ0) is 17.4. The first kappa shape index (κ1) is 13.9. The molecule has 26 heavy (non-hydrogen) atoms. The Hall–Kier alpha value is -3.37.